The van der Waals surface area contributed by atoms with Crippen LogP contribution >= 0.6 is 0 Å². The Morgan fingerprint density at radius 2 is 1.83 bits per heavy atom. The highest BCUT2D eigenvalue weighted by Gasteiger charge is 2.30. The first kappa shape index (κ1) is 14.6. The molecule has 0 bridgehead atoms. The fourth-order valence-corrected chi connectivity index (χ4v) is 1.79. The monoisotopic (exact) mass is 250 g/mol. The van der Waals surface area contributed by atoms with Crippen LogP contribution in [0.25, 0.3) is 0 Å². The number of halogens is 1. The predicted molar refractivity (Wildman–Crippen MR) is 69.5 cm³/mol. The first-order chi connectivity index (χ1) is 8.52. The highest BCUT2D eigenvalue weighted by atomic mass is 19.1. The highest BCUT2D eigenvalue weighted by molar-refractivity contribution is 6.14. The summed E-state index contributed by atoms with van der Waals surface area (Å²) in [6.07, 6.45) is -0.846. The maximum Gasteiger partial charge on any atom is 0.221 e. The Hall–Kier alpha value is -1.51. The Bertz CT molecular complexity index is 440. The van der Waals surface area contributed by atoms with Gasteiger partial charge in [0.25, 0.3) is 0 Å². The zero-order chi connectivity index (χ0) is 13.7. The second-order valence-electron chi connectivity index (χ2n) is 4.45. The predicted octanol–water partition coefficient (Wildman–Crippen LogP) is 3.39. The number of carbonyl (C=O) groups is 2. The van der Waals surface area contributed by atoms with Gasteiger partial charge in [0.05, 0.1) is 0 Å². The molecule has 98 valence electrons. The van der Waals surface area contributed by atoms with E-state index in [4.69, 9.17) is 0 Å². The van der Waals surface area contributed by atoms with Crippen molar-refractivity contribution in [2.24, 2.45) is 5.92 Å². The third-order valence-corrected chi connectivity index (χ3v) is 3.24. The molecule has 1 aromatic rings. The van der Waals surface area contributed by atoms with Crippen molar-refractivity contribution in [1.82, 2.24) is 0 Å². The van der Waals surface area contributed by atoms with Gasteiger partial charge in [-0.2, -0.15) is 0 Å². The zero-order valence-electron chi connectivity index (χ0n) is 11.1. The van der Waals surface area contributed by atoms with E-state index in [0.29, 0.717) is 18.4 Å². The molecule has 18 heavy (non-hydrogen) atoms. The zero-order valence-corrected chi connectivity index (χ0v) is 11.1. The standard InChI is InChI=1S/C15H19FO2/c1-4-10(3)14(17)13(16)15(18)12-9-7-6-8-11(12)5-2/h6-10,13H,4-5H2,1-3H3. The van der Waals surface area contributed by atoms with Crippen LogP contribution in [0.2, 0.25) is 0 Å². The number of benzene rings is 1. The average Bonchev–Trinajstić information content (AvgIpc) is 2.43. The van der Waals surface area contributed by atoms with Crippen LogP contribution in [0.4, 0.5) is 4.39 Å². The van der Waals surface area contributed by atoms with E-state index in [9.17, 15) is 14.0 Å². The fourth-order valence-electron chi connectivity index (χ4n) is 1.79. The van der Waals surface area contributed by atoms with Crippen LogP contribution in [-0.4, -0.2) is 17.7 Å². The molecule has 0 aliphatic heterocycles. The molecule has 0 fully saturated rings. The molecule has 0 aliphatic carbocycles. The summed E-state index contributed by atoms with van der Waals surface area (Å²) in [6.45, 7) is 5.35. The van der Waals surface area contributed by atoms with Gasteiger partial charge in [0.2, 0.25) is 12.0 Å². The van der Waals surface area contributed by atoms with Gasteiger partial charge in [-0.05, 0) is 18.4 Å². The molecule has 1 rings (SSSR count). The minimum atomic E-state index is -2.03. The largest absolute Gasteiger partial charge is 0.296 e. The quantitative estimate of drug-likeness (QED) is 0.573. The van der Waals surface area contributed by atoms with Crippen molar-refractivity contribution in [2.45, 2.75) is 39.8 Å². The van der Waals surface area contributed by atoms with Crippen molar-refractivity contribution in [3.63, 3.8) is 0 Å². The van der Waals surface area contributed by atoms with Crippen LogP contribution in [0.1, 0.15) is 43.1 Å². The SMILES string of the molecule is CCc1ccccc1C(=O)C(F)C(=O)C(C)CC. The third-order valence-electron chi connectivity index (χ3n) is 3.24. The van der Waals surface area contributed by atoms with Gasteiger partial charge in [-0.1, -0.05) is 45.0 Å². The van der Waals surface area contributed by atoms with Crippen LogP contribution in [-0.2, 0) is 11.2 Å². The summed E-state index contributed by atoms with van der Waals surface area (Å²) in [5.74, 6) is -1.75. The Morgan fingerprint density at radius 1 is 1.22 bits per heavy atom. The van der Waals surface area contributed by atoms with Gasteiger partial charge in [0.1, 0.15) is 0 Å². The number of hydrogen-bond donors (Lipinski definition) is 0. The molecule has 0 aromatic heterocycles. The number of alkyl halides is 1. The molecule has 1 aromatic carbocycles. The first-order valence-electron chi connectivity index (χ1n) is 6.32. The molecule has 3 heteroatoms. The summed E-state index contributed by atoms with van der Waals surface area (Å²) >= 11 is 0. The minimum Gasteiger partial charge on any atom is -0.296 e. The van der Waals surface area contributed by atoms with Gasteiger partial charge in [-0.3, -0.25) is 9.59 Å². The van der Waals surface area contributed by atoms with E-state index in [1.807, 2.05) is 6.92 Å². The van der Waals surface area contributed by atoms with Crippen molar-refractivity contribution in [1.29, 1.82) is 0 Å². The van der Waals surface area contributed by atoms with Crippen molar-refractivity contribution in [2.75, 3.05) is 0 Å². The highest BCUT2D eigenvalue weighted by Crippen LogP contribution is 2.17. The number of Topliss-reactive ketones (excluding diaryl/α,β-unsaturated/α-hetero) is 2. The Balaban J connectivity index is 2.96. The van der Waals surface area contributed by atoms with Gasteiger partial charge < -0.3 is 0 Å². The third kappa shape index (κ3) is 3.03. The summed E-state index contributed by atoms with van der Waals surface area (Å²) in [5.41, 5.74) is 1.10. The van der Waals surface area contributed by atoms with Crippen LogP contribution in [0.15, 0.2) is 24.3 Å². The van der Waals surface area contributed by atoms with E-state index in [1.165, 1.54) is 0 Å². The van der Waals surface area contributed by atoms with Crippen molar-refractivity contribution < 1.29 is 14.0 Å². The molecule has 0 amide bonds. The van der Waals surface area contributed by atoms with Crippen LogP contribution < -0.4 is 0 Å². The van der Waals surface area contributed by atoms with Crippen molar-refractivity contribution >= 4 is 11.6 Å². The number of ketones is 2. The van der Waals surface area contributed by atoms with Gasteiger partial charge in [-0.25, -0.2) is 4.39 Å². The summed E-state index contributed by atoms with van der Waals surface area (Å²) in [4.78, 5) is 23.7. The first-order valence-corrected chi connectivity index (χ1v) is 6.32. The second kappa shape index (κ2) is 6.43. The molecule has 0 radical (unpaired) electrons. The summed E-state index contributed by atoms with van der Waals surface area (Å²) < 4.78 is 13.9. The van der Waals surface area contributed by atoms with Crippen LogP contribution in [0.5, 0.6) is 0 Å². The fraction of sp³-hybridized carbons (Fsp3) is 0.467. The van der Waals surface area contributed by atoms with Gasteiger partial charge >= 0.3 is 0 Å². The Labute approximate surface area is 107 Å². The number of aryl methyl sites for hydroxylation is 1. The minimum absolute atomic E-state index is 0.323. The lowest BCUT2D eigenvalue weighted by atomic mass is 9.92. The summed E-state index contributed by atoms with van der Waals surface area (Å²) in [7, 11) is 0. The van der Waals surface area contributed by atoms with Crippen molar-refractivity contribution in [3.05, 3.63) is 35.4 Å². The molecule has 0 N–H and O–H groups in total. The molecular weight excluding hydrogens is 231 g/mol. The second-order valence-corrected chi connectivity index (χ2v) is 4.45. The Morgan fingerprint density at radius 3 is 2.39 bits per heavy atom. The van der Waals surface area contributed by atoms with E-state index in [1.54, 1.807) is 38.1 Å². The van der Waals surface area contributed by atoms with Crippen molar-refractivity contribution in [3.8, 4) is 0 Å². The maximum atomic E-state index is 13.9. The average molecular weight is 250 g/mol. The van der Waals surface area contributed by atoms with Crippen LogP contribution in [0.3, 0.4) is 0 Å². The van der Waals surface area contributed by atoms with Crippen LogP contribution in [0, 0.1) is 5.92 Å². The lowest BCUT2D eigenvalue weighted by Gasteiger charge is -2.13. The van der Waals surface area contributed by atoms with E-state index in [2.05, 4.69) is 0 Å². The molecule has 0 aliphatic rings. The van der Waals surface area contributed by atoms with E-state index >= 15 is 0 Å². The lowest BCUT2D eigenvalue weighted by molar-refractivity contribution is -0.125. The van der Waals surface area contributed by atoms with Gasteiger partial charge in [0, 0.05) is 11.5 Å². The molecule has 2 atom stereocenters. The van der Waals surface area contributed by atoms with Gasteiger partial charge in [-0.15, -0.1) is 0 Å². The molecule has 2 unspecified atom stereocenters. The number of hydrogen-bond acceptors (Lipinski definition) is 2. The number of rotatable bonds is 6. The molecule has 2 nitrogen and oxygen atoms in total. The molecule has 0 heterocycles. The number of carbonyl (C=O) groups excluding carboxylic acids is 2. The summed E-state index contributed by atoms with van der Waals surface area (Å²) in [5, 5.41) is 0. The van der Waals surface area contributed by atoms with Gasteiger partial charge in [0.15, 0.2) is 5.78 Å². The molecular formula is C15H19FO2. The molecule has 0 saturated heterocycles. The summed E-state index contributed by atoms with van der Waals surface area (Å²) in [6, 6.07) is 6.86. The van der Waals surface area contributed by atoms with E-state index < -0.39 is 23.7 Å². The lowest BCUT2D eigenvalue weighted by Crippen LogP contribution is -2.30. The van der Waals surface area contributed by atoms with E-state index in [0.717, 1.165) is 5.56 Å². The van der Waals surface area contributed by atoms with E-state index in [-0.39, 0.29) is 0 Å². The smallest absolute Gasteiger partial charge is 0.221 e. The molecule has 0 spiro atoms. The topological polar surface area (TPSA) is 34.1 Å². The Kier molecular flexibility index (Phi) is 5.20. The maximum absolute atomic E-state index is 13.9. The normalized spacial score (nSPS) is 14.0. The molecule has 0 saturated carbocycles.